The summed E-state index contributed by atoms with van der Waals surface area (Å²) in [6, 6.07) is 9.78. The zero-order valence-corrected chi connectivity index (χ0v) is 11.8. The van der Waals surface area contributed by atoms with Gasteiger partial charge in [-0.15, -0.1) is 0 Å². The van der Waals surface area contributed by atoms with Crippen LogP contribution in [0.1, 0.15) is 17.1 Å². The van der Waals surface area contributed by atoms with Gasteiger partial charge in [0.1, 0.15) is 11.5 Å². The molecule has 0 spiro atoms. The highest BCUT2D eigenvalue weighted by molar-refractivity contribution is 9.10. The van der Waals surface area contributed by atoms with E-state index in [1.54, 1.807) is 0 Å². The van der Waals surface area contributed by atoms with Crippen LogP contribution < -0.4 is 5.32 Å². The van der Waals surface area contributed by atoms with Crippen LogP contribution in [-0.2, 0) is 13.1 Å². The van der Waals surface area contributed by atoms with E-state index in [0.29, 0.717) is 6.54 Å². The van der Waals surface area contributed by atoms with Crippen molar-refractivity contribution in [3.8, 4) is 0 Å². The van der Waals surface area contributed by atoms with E-state index in [0.717, 1.165) is 33.1 Å². The summed E-state index contributed by atoms with van der Waals surface area (Å²) in [5.41, 5.74) is 1.07. The Morgan fingerprint density at radius 3 is 2.76 bits per heavy atom. The molecular weight excluding hydrogens is 302 g/mol. The lowest BCUT2D eigenvalue weighted by atomic mass is 10.2. The maximum Gasteiger partial charge on any atom is 0.117 e. The number of benzene rings is 1. The first-order chi connectivity index (χ1) is 8.15. The van der Waals surface area contributed by atoms with Crippen LogP contribution in [0, 0.1) is 6.92 Å². The van der Waals surface area contributed by atoms with E-state index < -0.39 is 0 Å². The summed E-state index contributed by atoms with van der Waals surface area (Å²) in [5, 5.41) is 4.07. The summed E-state index contributed by atoms with van der Waals surface area (Å²) < 4.78 is 6.51. The van der Waals surface area contributed by atoms with Crippen molar-refractivity contribution in [2.45, 2.75) is 20.0 Å². The fraction of sp³-hybridized carbons (Fsp3) is 0.231. The third-order valence-electron chi connectivity index (χ3n) is 2.42. The molecule has 90 valence electrons. The smallest absolute Gasteiger partial charge is 0.117 e. The van der Waals surface area contributed by atoms with E-state index in [4.69, 9.17) is 16.0 Å². The van der Waals surface area contributed by atoms with Crippen molar-refractivity contribution in [2.75, 3.05) is 0 Å². The molecule has 0 atom stereocenters. The van der Waals surface area contributed by atoms with Crippen molar-refractivity contribution in [1.82, 2.24) is 5.32 Å². The van der Waals surface area contributed by atoms with Crippen molar-refractivity contribution in [1.29, 1.82) is 0 Å². The first-order valence-corrected chi connectivity index (χ1v) is 6.52. The number of hydrogen-bond acceptors (Lipinski definition) is 2. The van der Waals surface area contributed by atoms with E-state index in [9.17, 15) is 0 Å². The SMILES string of the molecule is Cc1ccc(CNCc2cc(Br)ccc2Cl)o1. The van der Waals surface area contributed by atoms with E-state index >= 15 is 0 Å². The highest BCUT2D eigenvalue weighted by atomic mass is 79.9. The van der Waals surface area contributed by atoms with Crippen LogP contribution in [-0.4, -0.2) is 0 Å². The third-order valence-corrected chi connectivity index (χ3v) is 3.28. The molecule has 2 aromatic rings. The molecule has 1 aromatic carbocycles. The number of rotatable bonds is 4. The van der Waals surface area contributed by atoms with E-state index in [1.807, 2.05) is 37.3 Å². The zero-order valence-electron chi connectivity index (χ0n) is 9.47. The number of halogens is 2. The minimum atomic E-state index is 0.705. The molecule has 1 N–H and O–H groups in total. The predicted octanol–water partition coefficient (Wildman–Crippen LogP) is 4.29. The van der Waals surface area contributed by atoms with Crippen molar-refractivity contribution >= 4 is 27.5 Å². The van der Waals surface area contributed by atoms with E-state index in [-0.39, 0.29) is 0 Å². The van der Waals surface area contributed by atoms with Crippen LogP contribution in [0.15, 0.2) is 39.2 Å². The molecule has 2 nitrogen and oxygen atoms in total. The minimum absolute atomic E-state index is 0.705. The van der Waals surface area contributed by atoms with Crippen molar-refractivity contribution in [2.24, 2.45) is 0 Å². The first kappa shape index (κ1) is 12.7. The number of hydrogen-bond donors (Lipinski definition) is 1. The quantitative estimate of drug-likeness (QED) is 0.910. The van der Waals surface area contributed by atoms with Gasteiger partial charge in [-0.05, 0) is 42.8 Å². The normalized spacial score (nSPS) is 10.8. The van der Waals surface area contributed by atoms with Crippen LogP contribution in [0.3, 0.4) is 0 Å². The molecule has 0 aliphatic rings. The molecule has 0 amide bonds. The minimum Gasteiger partial charge on any atom is -0.465 e. The second kappa shape index (κ2) is 5.71. The van der Waals surface area contributed by atoms with Gasteiger partial charge in [-0.2, -0.15) is 0 Å². The maximum atomic E-state index is 6.10. The van der Waals surface area contributed by atoms with Crippen LogP contribution in [0.2, 0.25) is 5.02 Å². The Hall–Kier alpha value is -0.770. The van der Waals surface area contributed by atoms with Crippen LogP contribution in [0.5, 0.6) is 0 Å². The topological polar surface area (TPSA) is 25.2 Å². The summed E-state index contributed by atoms with van der Waals surface area (Å²) >= 11 is 9.53. The van der Waals surface area contributed by atoms with Crippen LogP contribution >= 0.6 is 27.5 Å². The summed E-state index contributed by atoms with van der Waals surface area (Å²) in [6.07, 6.45) is 0. The predicted molar refractivity (Wildman–Crippen MR) is 73.1 cm³/mol. The lowest BCUT2D eigenvalue weighted by Gasteiger charge is -2.06. The standard InChI is InChI=1S/C13H13BrClNO/c1-9-2-4-12(17-9)8-16-7-10-6-11(14)3-5-13(10)15/h2-6,16H,7-8H2,1H3. The van der Waals surface area contributed by atoms with E-state index in [1.165, 1.54) is 0 Å². The number of nitrogens with one attached hydrogen (secondary N) is 1. The molecule has 0 fully saturated rings. The second-order valence-electron chi connectivity index (χ2n) is 3.85. The molecule has 0 bridgehead atoms. The van der Waals surface area contributed by atoms with Gasteiger partial charge in [0.25, 0.3) is 0 Å². The van der Waals surface area contributed by atoms with Gasteiger partial charge in [0.15, 0.2) is 0 Å². The van der Waals surface area contributed by atoms with Gasteiger partial charge < -0.3 is 9.73 Å². The lowest BCUT2D eigenvalue weighted by molar-refractivity contribution is 0.461. The average Bonchev–Trinajstić information content (AvgIpc) is 2.69. The molecule has 4 heteroatoms. The van der Waals surface area contributed by atoms with Gasteiger partial charge in [-0.1, -0.05) is 27.5 Å². The average molecular weight is 315 g/mol. The molecule has 0 unspecified atom stereocenters. The largest absolute Gasteiger partial charge is 0.465 e. The Bertz CT molecular complexity index is 510. The van der Waals surface area contributed by atoms with Crippen molar-refractivity contribution in [3.05, 3.63) is 56.9 Å². The Balaban J connectivity index is 1.91. The second-order valence-corrected chi connectivity index (χ2v) is 5.17. The van der Waals surface area contributed by atoms with Crippen LogP contribution in [0.4, 0.5) is 0 Å². The lowest BCUT2D eigenvalue weighted by Crippen LogP contribution is -2.12. The van der Waals surface area contributed by atoms with Crippen LogP contribution in [0.25, 0.3) is 0 Å². The van der Waals surface area contributed by atoms with Crippen molar-refractivity contribution in [3.63, 3.8) is 0 Å². The Morgan fingerprint density at radius 1 is 1.24 bits per heavy atom. The Morgan fingerprint density at radius 2 is 2.06 bits per heavy atom. The number of aryl methyl sites for hydroxylation is 1. The van der Waals surface area contributed by atoms with Gasteiger partial charge >= 0.3 is 0 Å². The molecule has 2 rings (SSSR count). The molecule has 0 aliphatic carbocycles. The molecule has 17 heavy (non-hydrogen) atoms. The monoisotopic (exact) mass is 313 g/mol. The molecule has 1 aromatic heterocycles. The molecule has 0 radical (unpaired) electrons. The highest BCUT2D eigenvalue weighted by Gasteiger charge is 2.02. The van der Waals surface area contributed by atoms with E-state index in [2.05, 4.69) is 21.2 Å². The zero-order chi connectivity index (χ0) is 12.3. The fourth-order valence-electron chi connectivity index (χ4n) is 1.58. The summed E-state index contributed by atoms with van der Waals surface area (Å²) in [4.78, 5) is 0. The summed E-state index contributed by atoms with van der Waals surface area (Å²) in [5.74, 6) is 1.87. The van der Waals surface area contributed by atoms with Crippen molar-refractivity contribution < 1.29 is 4.42 Å². The maximum absolute atomic E-state index is 6.10. The Kier molecular flexibility index (Phi) is 4.26. The summed E-state index contributed by atoms with van der Waals surface area (Å²) in [6.45, 7) is 3.36. The van der Waals surface area contributed by atoms with Gasteiger partial charge in [0.2, 0.25) is 0 Å². The Labute approximate surface area is 114 Å². The van der Waals surface area contributed by atoms with Gasteiger partial charge in [0.05, 0.1) is 6.54 Å². The van der Waals surface area contributed by atoms with Gasteiger partial charge in [-0.25, -0.2) is 0 Å². The molecule has 0 saturated carbocycles. The summed E-state index contributed by atoms with van der Waals surface area (Å²) in [7, 11) is 0. The number of furan rings is 1. The van der Waals surface area contributed by atoms with Gasteiger partial charge in [-0.3, -0.25) is 0 Å². The molecular formula is C13H13BrClNO. The molecule has 1 heterocycles. The third kappa shape index (κ3) is 3.60. The molecule has 0 aliphatic heterocycles. The molecule has 0 saturated heterocycles. The fourth-order valence-corrected chi connectivity index (χ4v) is 2.17. The first-order valence-electron chi connectivity index (χ1n) is 5.35. The van der Waals surface area contributed by atoms with Gasteiger partial charge in [0, 0.05) is 16.0 Å². The highest BCUT2D eigenvalue weighted by Crippen LogP contribution is 2.20.